The van der Waals surface area contributed by atoms with E-state index >= 15 is 0 Å². The summed E-state index contributed by atoms with van der Waals surface area (Å²) in [6, 6.07) is 5.60. The number of carbonyl (C=O) groups excluding carboxylic acids is 1. The summed E-state index contributed by atoms with van der Waals surface area (Å²) < 4.78 is 0. The summed E-state index contributed by atoms with van der Waals surface area (Å²) in [5.41, 5.74) is 2.41. The van der Waals surface area contributed by atoms with Gasteiger partial charge in [0.2, 0.25) is 5.91 Å². The zero-order valence-electron chi connectivity index (χ0n) is 10.6. The van der Waals surface area contributed by atoms with Gasteiger partial charge in [-0.1, -0.05) is 0 Å². The van der Waals surface area contributed by atoms with E-state index in [2.05, 4.69) is 20.6 Å². The van der Waals surface area contributed by atoms with Gasteiger partial charge in [0.15, 0.2) is 0 Å². The normalized spacial score (nSPS) is 19.3. The van der Waals surface area contributed by atoms with Crippen molar-refractivity contribution in [1.29, 1.82) is 0 Å². The highest BCUT2D eigenvalue weighted by Gasteiger charge is 2.20. The molecule has 1 atom stereocenters. The van der Waals surface area contributed by atoms with Gasteiger partial charge in [0.05, 0.1) is 17.0 Å². The number of benzene rings is 1. The Morgan fingerprint density at radius 2 is 2.11 bits per heavy atom. The first-order chi connectivity index (χ1) is 9.33. The molecule has 5 heteroatoms. The van der Waals surface area contributed by atoms with Gasteiger partial charge < -0.3 is 10.6 Å². The molecule has 2 N–H and O–H groups in total. The number of hydrogen-bond donors (Lipinski definition) is 2. The number of nitrogens with zero attached hydrogens (tertiary/aromatic N) is 2. The van der Waals surface area contributed by atoms with Crippen molar-refractivity contribution in [3.05, 3.63) is 30.6 Å². The van der Waals surface area contributed by atoms with Crippen LogP contribution in [0.1, 0.15) is 12.8 Å². The number of rotatable bonds is 2. The number of fused-ring (bicyclic) bond motifs is 1. The minimum Gasteiger partial charge on any atom is -0.326 e. The van der Waals surface area contributed by atoms with Gasteiger partial charge in [0.25, 0.3) is 0 Å². The molecule has 1 aliphatic rings. The van der Waals surface area contributed by atoms with Crippen molar-refractivity contribution in [3.63, 3.8) is 0 Å². The predicted molar refractivity (Wildman–Crippen MR) is 73.8 cm³/mol. The van der Waals surface area contributed by atoms with Crippen LogP contribution in [0.25, 0.3) is 11.0 Å². The van der Waals surface area contributed by atoms with Gasteiger partial charge in [-0.05, 0) is 37.6 Å². The highest BCUT2D eigenvalue weighted by atomic mass is 16.1. The molecule has 1 aliphatic heterocycles. The third kappa shape index (κ3) is 2.71. The molecule has 1 fully saturated rings. The Morgan fingerprint density at radius 3 is 2.89 bits per heavy atom. The highest BCUT2D eigenvalue weighted by Crippen LogP contribution is 2.17. The third-order valence-electron chi connectivity index (χ3n) is 3.40. The van der Waals surface area contributed by atoms with Crippen LogP contribution in [0.2, 0.25) is 0 Å². The van der Waals surface area contributed by atoms with E-state index in [4.69, 9.17) is 0 Å². The SMILES string of the molecule is O=C(Nc1ccc2nccnc2c1)C1CCCNC1. The molecule has 0 spiro atoms. The average Bonchev–Trinajstić information content (AvgIpc) is 2.48. The molecule has 0 radical (unpaired) electrons. The van der Waals surface area contributed by atoms with Gasteiger partial charge >= 0.3 is 0 Å². The lowest BCUT2D eigenvalue weighted by Crippen LogP contribution is -2.37. The average molecular weight is 256 g/mol. The minimum atomic E-state index is 0.0614. The summed E-state index contributed by atoms with van der Waals surface area (Å²) in [4.78, 5) is 20.6. The molecule has 0 aliphatic carbocycles. The van der Waals surface area contributed by atoms with Crippen molar-refractivity contribution < 1.29 is 4.79 Å². The quantitative estimate of drug-likeness (QED) is 0.856. The standard InChI is InChI=1S/C14H16N4O/c19-14(10-2-1-5-15-9-10)18-11-3-4-12-13(8-11)17-7-6-16-12/h3-4,6-8,10,15H,1-2,5,9H2,(H,18,19). The van der Waals surface area contributed by atoms with Gasteiger partial charge in [-0.25, -0.2) is 0 Å². The second kappa shape index (κ2) is 5.32. The summed E-state index contributed by atoms with van der Waals surface area (Å²) in [7, 11) is 0. The fourth-order valence-corrected chi connectivity index (χ4v) is 2.36. The number of anilines is 1. The fourth-order valence-electron chi connectivity index (χ4n) is 2.36. The second-order valence-corrected chi connectivity index (χ2v) is 4.79. The topological polar surface area (TPSA) is 66.9 Å². The molecule has 5 nitrogen and oxygen atoms in total. The Morgan fingerprint density at radius 1 is 1.26 bits per heavy atom. The first-order valence-corrected chi connectivity index (χ1v) is 6.55. The van der Waals surface area contributed by atoms with Gasteiger partial charge in [0, 0.05) is 24.6 Å². The van der Waals surface area contributed by atoms with Gasteiger partial charge in [0.1, 0.15) is 0 Å². The van der Waals surface area contributed by atoms with E-state index in [1.807, 2.05) is 18.2 Å². The lowest BCUT2D eigenvalue weighted by atomic mass is 9.99. The molecule has 2 aromatic rings. The summed E-state index contributed by atoms with van der Waals surface area (Å²) in [6.45, 7) is 1.77. The fraction of sp³-hybridized carbons (Fsp3) is 0.357. The van der Waals surface area contributed by atoms with Crippen LogP contribution >= 0.6 is 0 Å². The third-order valence-corrected chi connectivity index (χ3v) is 3.40. The number of nitrogens with one attached hydrogen (secondary N) is 2. The molecular formula is C14H16N4O. The summed E-state index contributed by atoms with van der Waals surface area (Å²) in [6.07, 6.45) is 5.32. The van der Waals surface area contributed by atoms with Gasteiger partial charge in [-0.15, -0.1) is 0 Å². The summed E-state index contributed by atoms with van der Waals surface area (Å²) in [5, 5.41) is 6.21. The van der Waals surface area contributed by atoms with Crippen LogP contribution in [0.5, 0.6) is 0 Å². The largest absolute Gasteiger partial charge is 0.326 e. The molecule has 1 amide bonds. The number of piperidine rings is 1. The molecule has 98 valence electrons. The predicted octanol–water partition coefficient (Wildman–Crippen LogP) is 1.57. The van der Waals surface area contributed by atoms with E-state index in [-0.39, 0.29) is 11.8 Å². The maximum Gasteiger partial charge on any atom is 0.228 e. The Bertz CT molecular complexity index is 593. The second-order valence-electron chi connectivity index (χ2n) is 4.79. The molecular weight excluding hydrogens is 240 g/mol. The van der Waals surface area contributed by atoms with Crippen molar-refractivity contribution >= 4 is 22.6 Å². The zero-order chi connectivity index (χ0) is 13.1. The maximum atomic E-state index is 12.1. The van der Waals surface area contributed by atoms with Crippen molar-refractivity contribution in [1.82, 2.24) is 15.3 Å². The van der Waals surface area contributed by atoms with Crippen molar-refractivity contribution in [3.8, 4) is 0 Å². The van der Waals surface area contributed by atoms with Gasteiger partial charge in [-0.3, -0.25) is 14.8 Å². The number of amides is 1. The van der Waals surface area contributed by atoms with Crippen molar-refractivity contribution in [2.24, 2.45) is 5.92 Å². The van der Waals surface area contributed by atoms with Crippen LogP contribution < -0.4 is 10.6 Å². The smallest absolute Gasteiger partial charge is 0.228 e. The van der Waals surface area contributed by atoms with E-state index in [1.54, 1.807) is 12.4 Å². The Kier molecular flexibility index (Phi) is 3.37. The first kappa shape index (κ1) is 12.0. The van der Waals surface area contributed by atoms with Gasteiger partial charge in [-0.2, -0.15) is 0 Å². The number of hydrogen-bond acceptors (Lipinski definition) is 4. The van der Waals surface area contributed by atoms with Crippen LogP contribution in [0, 0.1) is 5.92 Å². The molecule has 0 saturated carbocycles. The molecule has 0 bridgehead atoms. The van der Waals surface area contributed by atoms with Crippen LogP contribution in [-0.4, -0.2) is 29.0 Å². The lowest BCUT2D eigenvalue weighted by Gasteiger charge is -2.21. The summed E-state index contributed by atoms with van der Waals surface area (Å²) in [5.74, 6) is 0.141. The van der Waals surface area contributed by atoms with E-state index in [0.717, 1.165) is 42.7 Å². The van der Waals surface area contributed by atoms with Crippen molar-refractivity contribution in [2.75, 3.05) is 18.4 Å². The van der Waals surface area contributed by atoms with E-state index in [9.17, 15) is 4.79 Å². The maximum absolute atomic E-state index is 12.1. The molecule has 3 rings (SSSR count). The van der Waals surface area contributed by atoms with Crippen molar-refractivity contribution in [2.45, 2.75) is 12.8 Å². The molecule has 1 aromatic heterocycles. The first-order valence-electron chi connectivity index (χ1n) is 6.55. The van der Waals surface area contributed by atoms with Crippen LogP contribution in [0.4, 0.5) is 5.69 Å². The molecule has 19 heavy (non-hydrogen) atoms. The highest BCUT2D eigenvalue weighted by molar-refractivity contribution is 5.94. The van der Waals surface area contributed by atoms with E-state index in [1.165, 1.54) is 0 Å². The zero-order valence-corrected chi connectivity index (χ0v) is 10.6. The Balaban J connectivity index is 1.75. The minimum absolute atomic E-state index is 0.0614. The van der Waals surface area contributed by atoms with Crippen LogP contribution in [0.15, 0.2) is 30.6 Å². The van der Waals surface area contributed by atoms with E-state index in [0.29, 0.717) is 0 Å². The van der Waals surface area contributed by atoms with E-state index < -0.39 is 0 Å². The number of aromatic nitrogens is 2. The molecule has 1 unspecified atom stereocenters. The Hall–Kier alpha value is -2.01. The summed E-state index contributed by atoms with van der Waals surface area (Å²) >= 11 is 0. The van der Waals surface area contributed by atoms with Crippen LogP contribution in [0.3, 0.4) is 0 Å². The molecule has 2 heterocycles. The molecule has 1 aromatic carbocycles. The lowest BCUT2D eigenvalue weighted by molar-refractivity contribution is -0.120. The molecule has 1 saturated heterocycles. The number of carbonyl (C=O) groups is 1. The van der Waals surface area contributed by atoms with Crippen LogP contribution in [-0.2, 0) is 4.79 Å². The monoisotopic (exact) mass is 256 g/mol. The Labute approximate surface area is 111 Å².